The van der Waals surface area contributed by atoms with Gasteiger partial charge in [-0.15, -0.1) is 0 Å². The molecule has 0 bridgehead atoms. The maximum Gasteiger partial charge on any atom is 0.319 e. The number of carbonyl (C=O) groups is 1. The molecule has 3 rings (SSSR count). The summed E-state index contributed by atoms with van der Waals surface area (Å²) in [5, 5.41) is 5.58. The number of rotatable bonds is 5. The van der Waals surface area contributed by atoms with E-state index >= 15 is 0 Å². The minimum Gasteiger partial charge on any atom is -0.338 e. The molecule has 0 unspecified atom stereocenters. The number of anilines is 1. The first kappa shape index (κ1) is 15.0. The molecule has 3 aromatic rings. The van der Waals surface area contributed by atoms with Crippen LogP contribution in [-0.2, 0) is 13.5 Å². The van der Waals surface area contributed by atoms with Crippen molar-refractivity contribution >= 4 is 22.8 Å². The average Bonchev–Trinajstić information content (AvgIpc) is 2.89. The van der Waals surface area contributed by atoms with E-state index in [4.69, 9.17) is 0 Å². The van der Waals surface area contributed by atoms with Crippen LogP contribution in [0.4, 0.5) is 10.5 Å². The zero-order valence-corrected chi connectivity index (χ0v) is 13.0. The van der Waals surface area contributed by atoms with Crippen molar-refractivity contribution in [1.29, 1.82) is 0 Å². The summed E-state index contributed by atoms with van der Waals surface area (Å²) in [6.07, 6.45) is 4.93. The molecule has 0 atom stereocenters. The highest BCUT2D eigenvalue weighted by molar-refractivity contribution is 5.88. The molecule has 0 fully saturated rings. The number of imidazole rings is 1. The van der Waals surface area contributed by atoms with Crippen molar-refractivity contribution < 1.29 is 4.79 Å². The lowest BCUT2D eigenvalue weighted by atomic mass is 10.3. The number of hydrogen-bond donors (Lipinski definition) is 2. The van der Waals surface area contributed by atoms with Gasteiger partial charge in [0, 0.05) is 26.2 Å². The molecule has 2 N–H and O–H groups in total. The molecule has 0 spiro atoms. The van der Waals surface area contributed by atoms with Crippen LogP contribution >= 0.6 is 0 Å². The molecule has 0 aliphatic heterocycles. The Labute approximate surface area is 134 Å². The number of hydrogen-bond acceptors (Lipinski definition) is 3. The standard InChI is InChI=1S/C17H19N5O/c1-22-15-8-3-2-7-14(15)21-16(22)9-5-11-19-17(23)20-13-6-4-10-18-12-13/h2-4,6-8,10,12H,5,9,11H2,1H3,(H2,19,20,23). The Morgan fingerprint density at radius 3 is 2.87 bits per heavy atom. The predicted molar refractivity (Wildman–Crippen MR) is 90.3 cm³/mol. The first-order chi connectivity index (χ1) is 11.2. The minimum absolute atomic E-state index is 0.219. The van der Waals surface area contributed by atoms with Crippen LogP contribution in [0.5, 0.6) is 0 Å². The lowest BCUT2D eigenvalue weighted by molar-refractivity contribution is 0.252. The SMILES string of the molecule is Cn1c(CCCNC(=O)Nc2cccnc2)nc2ccccc21. The van der Waals surface area contributed by atoms with E-state index in [-0.39, 0.29) is 6.03 Å². The van der Waals surface area contributed by atoms with Crippen molar-refractivity contribution in [2.75, 3.05) is 11.9 Å². The van der Waals surface area contributed by atoms with Crippen molar-refractivity contribution in [3.8, 4) is 0 Å². The van der Waals surface area contributed by atoms with Crippen LogP contribution in [0.25, 0.3) is 11.0 Å². The van der Waals surface area contributed by atoms with Gasteiger partial charge in [0.2, 0.25) is 0 Å². The molecule has 2 aromatic heterocycles. The van der Waals surface area contributed by atoms with Crippen molar-refractivity contribution in [2.24, 2.45) is 7.05 Å². The normalized spacial score (nSPS) is 10.7. The Bertz CT molecular complexity index is 797. The van der Waals surface area contributed by atoms with E-state index in [0.717, 1.165) is 29.7 Å². The summed E-state index contributed by atoms with van der Waals surface area (Å²) in [5.74, 6) is 1.03. The Morgan fingerprint density at radius 1 is 1.22 bits per heavy atom. The van der Waals surface area contributed by atoms with Gasteiger partial charge >= 0.3 is 6.03 Å². The summed E-state index contributed by atoms with van der Waals surface area (Å²) in [4.78, 5) is 20.3. The maximum atomic E-state index is 11.8. The Hall–Kier alpha value is -2.89. The Kier molecular flexibility index (Phi) is 4.52. The number of para-hydroxylation sites is 2. The van der Waals surface area contributed by atoms with E-state index in [1.54, 1.807) is 24.5 Å². The van der Waals surface area contributed by atoms with Gasteiger partial charge in [0.05, 0.1) is 22.9 Å². The maximum absolute atomic E-state index is 11.8. The molecular weight excluding hydrogens is 290 g/mol. The van der Waals surface area contributed by atoms with Crippen molar-refractivity contribution in [3.05, 3.63) is 54.6 Å². The zero-order chi connectivity index (χ0) is 16.1. The zero-order valence-electron chi connectivity index (χ0n) is 13.0. The van der Waals surface area contributed by atoms with E-state index < -0.39 is 0 Å². The van der Waals surface area contributed by atoms with Crippen LogP contribution in [0, 0.1) is 0 Å². The lowest BCUT2D eigenvalue weighted by Crippen LogP contribution is -2.29. The lowest BCUT2D eigenvalue weighted by Gasteiger charge is -2.07. The molecule has 0 aliphatic rings. The summed E-state index contributed by atoms with van der Waals surface area (Å²) in [5.41, 5.74) is 2.82. The predicted octanol–water partition coefficient (Wildman–Crippen LogP) is 2.72. The highest BCUT2D eigenvalue weighted by Crippen LogP contribution is 2.15. The quantitative estimate of drug-likeness (QED) is 0.712. The van der Waals surface area contributed by atoms with Crippen LogP contribution in [0.3, 0.4) is 0 Å². The number of pyridine rings is 1. The van der Waals surface area contributed by atoms with Gasteiger partial charge in [0.1, 0.15) is 5.82 Å². The number of fused-ring (bicyclic) bond motifs is 1. The molecule has 2 heterocycles. The molecule has 118 valence electrons. The summed E-state index contributed by atoms with van der Waals surface area (Å²) in [6.45, 7) is 0.593. The summed E-state index contributed by atoms with van der Waals surface area (Å²) in [7, 11) is 2.02. The fourth-order valence-electron chi connectivity index (χ4n) is 2.48. The van der Waals surface area contributed by atoms with Crippen LogP contribution in [0.15, 0.2) is 48.8 Å². The van der Waals surface area contributed by atoms with Crippen LogP contribution < -0.4 is 10.6 Å². The number of carbonyl (C=O) groups excluding carboxylic acids is 1. The highest BCUT2D eigenvalue weighted by Gasteiger charge is 2.07. The molecule has 0 aliphatic carbocycles. The number of amides is 2. The minimum atomic E-state index is -0.219. The summed E-state index contributed by atoms with van der Waals surface area (Å²) >= 11 is 0. The van der Waals surface area contributed by atoms with E-state index in [1.807, 2.05) is 25.2 Å². The molecule has 6 heteroatoms. The Balaban J connectivity index is 1.47. The number of nitrogens with zero attached hydrogens (tertiary/aromatic N) is 3. The van der Waals surface area contributed by atoms with Gasteiger partial charge in [-0.3, -0.25) is 4.98 Å². The van der Waals surface area contributed by atoms with Gasteiger partial charge in [0.25, 0.3) is 0 Å². The van der Waals surface area contributed by atoms with Gasteiger partial charge in [0.15, 0.2) is 0 Å². The summed E-state index contributed by atoms with van der Waals surface area (Å²) in [6, 6.07) is 11.4. The smallest absolute Gasteiger partial charge is 0.319 e. The molecule has 0 radical (unpaired) electrons. The second-order valence-corrected chi connectivity index (χ2v) is 5.30. The number of nitrogens with one attached hydrogen (secondary N) is 2. The Morgan fingerprint density at radius 2 is 2.09 bits per heavy atom. The van der Waals surface area contributed by atoms with E-state index in [2.05, 4.69) is 31.2 Å². The van der Waals surface area contributed by atoms with E-state index in [9.17, 15) is 4.79 Å². The van der Waals surface area contributed by atoms with Gasteiger partial charge in [-0.2, -0.15) is 0 Å². The van der Waals surface area contributed by atoms with Gasteiger partial charge in [-0.25, -0.2) is 9.78 Å². The number of urea groups is 1. The average molecular weight is 309 g/mol. The van der Waals surface area contributed by atoms with Crippen molar-refractivity contribution in [1.82, 2.24) is 19.9 Å². The second-order valence-electron chi connectivity index (χ2n) is 5.30. The van der Waals surface area contributed by atoms with Crippen molar-refractivity contribution in [3.63, 3.8) is 0 Å². The van der Waals surface area contributed by atoms with Crippen LogP contribution in [0.2, 0.25) is 0 Å². The second kappa shape index (κ2) is 6.91. The first-order valence-corrected chi connectivity index (χ1v) is 7.59. The highest BCUT2D eigenvalue weighted by atomic mass is 16.2. The molecule has 0 saturated carbocycles. The van der Waals surface area contributed by atoms with E-state index in [1.165, 1.54) is 0 Å². The monoisotopic (exact) mass is 309 g/mol. The molecule has 1 aromatic carbocycles. The molecule has 2 amide bonds. The van der Waals surface area contributed by atoms with Gasteiger partial charge < -0.3 is 15.2 Å². The molecule has 0 saturated heterocycles. The largest absolute Gasteiger partial charge is 0.338 e. The third kappa shape index (κ3) is 3.66. The van der Waals surface area contributed by atoms with Gasteiger partial charge in [-0.05, 0) is 30.7 Å². The fraction of sp³-hybridized carbons (Fsp3) is 0.235. The first-order valence-electron chi connectivity index (χ1n) is 7.59. The number of aryl methyl sites for hydroxylation is 2. The molecular formula is C17H19N5O. The summed E-state index contributed by atoms with van der Waals surface area (Å²) < 4.78 is 2.10. The van der Waals surface area contributed by atoms with E-state index in [0.29, 0.717) is 12.2 Å². The van der Waals surface area contributed by atoms with Crippen molar-refractivity contribution in [2.45, 2.75) is 12.8 Å². The van der Waals surface area contributed by atoms with Crippen LogP contribution in [0.1, 0.15) is 12.2 Å². The third-order valence-electron chi connectivity index (χ3n) is 3.66. The third-order valence-corrected chi connectivity index (χ3v) is 3.66. The number of benzene rings is 1. The topological polar surface area (TPSA) is 71.8 Å². The fourth-order valence-corrected chi connectivity index (χ4v) is 2.48. The number of aromatic nitrogens is 3. The van der Waals surface area contributed by atoms with Gasteiger partial charge in [-0.1, -0.05) is 12.1 Å². The molecule has 23 heavy (non-hydrogen) atoms. The van der Waals surface area contributed by atoms with Crippen LogP contribution in [-0.4, -0.2) is 27.1 Å². The molecule has 6 nitrogen and oxygen atoms in total.